The minimum Gasteiger partial charge on any atom is -0.462 e. The number of ether oxygens (including phenoxy) is 1. The minimum absolute atomic E-state index is 0.317. The van der Waals surface area contributed by atoms with Crippen LogP contribution in [-0.4, -0.2) is 27.5 Å². The third kappa shape index (κ3) is 2.99. The first-order chi connectivity index (χ1) is 12.7. The average Bonchev–Trinajstić information content (AvgIpc) is 3.25. The van der Waals surface area contributed by atoms with Gasteiger partial charge in [-0.05, 0) is 32.0 Å². The van der Waals surface area contributed by atoms with E-state index in [1.165, 1.54) is 11.3 Å². The lowest BCUT2D eigenvalue weighted by Gasteiger charge is -2.00. The first-order valence-corrected chi connectivity index (χ1v) is 9.17. The highest BCUT2D eigenvalue weighted by atomic mass is 32.1. The van der Waals surface area contributed by atoms with Crippen LogP contribution in [0.4, 0.5) is 0 Å². The third-order valence-electron chi connectivity index (χ3n) is 4.03. The Labute approximate surface area is 154 Å². The molecule has 2 aromatic carbocycles. The fourth-order valence-electron chi connectivity index (χ4n) is 2.79. The van der Waals surface area contributed by atoms with Gasteiger partial charge in [0.15, 0.2) is 0 Å². The minimum atomic E-state index is -0.317. The molecule has 1 N–H and O–H groups in total. The van der Waals surface area contributed by atoms with E-state index < -0.39 is 0 Å². The molecule has 2 heterocycles. The predicted molar refractivity (Wildman–Crippen MR) is 103 cm³/mol. The van der Waals surface area contributed by atoms with E-state index in [-0.39, 0.29) is 5.97 Å². The van der Waals surface area contributed by atoms with Crippen LogP contribution in [0, 0.1) is 6.92 Å². The largest absolute Gasteiger partial charge is 0.462 e. The van der Waals surface area contributed by atoms with Gasteiger partial charge in [-0.15, -0.1) is 11.3 Å². The van der Waals surface area contributed by atoms with Gasteiger partial charge in [0.05, 0.1) is 23.3 Å². The van der Waals surface area contributed by atoms with E-state index in [4.69, 9.17) is 4.74 Å². The van der Waals surface area contributed by atoms with E-state index in [1.807, 2.05) is 55.5 Å². The molecule has 0 aliphatic heterocycles. The standard InChI is InChI=1S/C20H17N3O2S/c1-3-25-20(24)17-12(2)21-19(26-17)14-8-6-7-13(11-14)18-22-15-9-4-5-10-16(15)23-18/h4-11H,3H2,1-2H3,(H,22,23). The van der Waals surface area contributed by atoms with Crippen molar-refractivity contribution in [3.63, 3.8) is 0 Å². The molecular weight excluding hydrogens is 346 g/mol. The molecule has 0 bridgehead atoms. The molecule has 0 radical (unpaired) electrons. The van der Waals surface area contributed by atoms with Gasteiger partial charge in [0.1, 0.15) is 15.7 Å². The van der Waals surface area contributed by atoms with Crippen molar-refractivity contribution >= 4 is 28.3 Å². The number of hydrogen-bond donors (Lipinski definition) is 1. The van der Waals surface area contributed by atoms with Crippen LogP contribution in [0.25, 0.3) is 33.0 Å². The Balaban J connectivity index is 1.72. The van der Waals surface area contributed by atoms with Gasteiger partial charge in [-0.3, -0.25) is 0 Å². The summed E-state index contributed by atoms with van der Waals surface area (Å²) in [6.07, 6.45) is 0. The van der Waals surface area contributed by atoms with Crippen molar-refractivity contribution < 1.29 is 9.53 Å². The highest BCUT2D eigenvalue weighted by Gasteiger charge is 2.17. The van der Waals surface area contributed by atoms with E-state index in [0.717, 1.165) is 33.0 Å². The first kappa shape index (κ1) is 16.5. The smallest absolute Gasteiger partial charge is 0.350 e. The molecule has 0 saturated carbocycles. The summed E-state index contributed by atoms with van der Waals surface area (Å²) in [5.74, 6) is 0.495. The summed E-state index contributed by atoms with van der Waals surface area (Å²) in [4.78, 5) is 25.1. The summed E-state index contributed by atoms with van der Waals surface area (Å²) in [6.45, 7) is 3.98. The predicted octanol–water partition coefficient (Wildman–Crippen LogP) is 4.84. The van der Waals surface area contributed by atoms with Gasteiger partial charge in [0.2, 0.25) is 0 Å². The number of para-hydroxylation sites is 2. The van der Waals surface area contributed by atoms with Crippen LogP contribution in [0.5, 0.6) is 0 Å². The van der Waals surface area contributed by atoms with Gasteiger partial charge in [-0.25, -0.2) is 14.8 Å². The number of imidazole rings is 1. The van der Waals surface area contributed by atoms with Crippen molar-refractivity contribution in [2.24, 2.45) is 0 Å². The number of thiazole rings is 1. The SMILES string of the molecule is CCOC(=O)c1sc(-c2cccc(-c3nc4ccccc4[nH]3)c2)nc1C. The summed E-state index contributed by atoms with van der Waals surface area (Å²) in [6, 6.07) is 15.9. The van der Waals surface area contributed by atoms with Crippen molar-refractivity contribution in [2.75, 3.05) is 6.61 Å². The number of aryl methyl sites for hydroxylation is 1. The first-order valence-electron chi connectivity index (χ1n) is 8.36. The van der Waals surface area contributed by atoms with Crippen LogP contribution in [0.3, 0.4) is 0 Å². The fourth-order valence-corrected chi connectivity index (χ4v) is 3.75. The van der Waals surface area contributed by atoms with Crippen molar-refractivity contribution in [3.05, 3.63) is 59.1 Å². The van der Waals surface area contributed by atoms with Gasteiger partial charge in [0.25, 0.3) is 0 Å². The van der Waals surface area contributed by atoms with Crippen LogP contribution in [0.1, 0.15) is 22.3 Å². The Hall–Kier alpha value is -2.99. The monoisotopic (exact) mass is 363 g/mol. The highest BCUT2D eigenvalue weighted by Crippen LogP contribution is 2.31. The number of aromatic amines is 1. The Morgan fingerprint density at radius 2 is 1.92 bits per heavy atom. The number of carbonyl (C=O) groups is 1. The number of benzene rings is 2. The van der Waals surface area contributed by atoms with Gasteiger partial charge in [-0.1, -0.05) is 30.3 Å². The van der Waals surface area contributed by atoms with E-state index in [2.05, 4.69) is 15.0 Å². The molecule has 5 nitrogen and oxygen atoms in total. The van der Waals surface area contributed by atoms with Crippen molar-refractivity contribution in [1.82, 2.24) is 15.0 Å². The topological polar surface area (TPSA) is 67.9 Å². The molecule has 0 atom stereocenters. The molecule has 0 fully saturated rings. The molecule has 0 aliphatic rings. The Kier molecular flexibility index (Phi) is 4.26. The molecule has 4 rings (SSSR count). The van der Waals surface area contributed by atoms with Gasteiger partial charge in [0, 0.05) is 11.1 Å². The quantitative estimate of drug-likeness (QED) is 0.527. The molecule has 4 aromatic rings. The second kappa shape index (κ2) is 6.72. The van der Waals surface area contributed by atoms with Gasteiger partial charge in [-0.2, -0.15) is 0 Å². The molecule has 0 saturated heterocycles. The lowest BCUT2D eigenvalue weighted by atomic mass is 10.1. The second-order valence-corrected chi connectivity index (χ2v) is 6.84. The lowest BCUT2D eigenvalue weighted by Crippen LogP contribution is -2.03. The zero-order chi connectivity index (χ0) is 18.1. The maximum Gasteiger partial charge on any atom is 0.350 e. The second-order valence-electron chi connectivity index (χ2n) is 5.84. The number of nitrogens with zero attached hydrogens (tertiary/aromatic N) is 2. The maximum atomic E-state index is 12.0. The summed E-state index contributed by atoms with van der Waals surface area (Å²) in [7, 11) is 0. The normalized spacial score (nSPS) is 11.0. The molecule has 0 amide bonds. The zero-order valence-electron chi connectivity index (χ0n) is 14.4. The summed E-state index contributed by atoms with van der Waals surface area (Å²) < 4.78 is 5.10. The Bertz CT molecular complexity index is 1060. The molecule has 0 unspecified atom stereocenters. The molecule has 26 heavy (non-hydrogen) atoms. The maximum absolute atomic E-state index is 12.0. The number of esters is 1. The molecular formula is C20H17N3O2S. The molecule has 0 aliphatic carbocycles. The van der Waals surface area contributed by atoms with E-state index in [9.17, 15) is 4.79 Å². The zero-order valence-corrected chi connectivity index (χ0v) is 15.3. The number of aromatic nitrogens is 3. The Morgan fingerprint density at radius 3 is 2.73 bits per heavy atom. The fraction of sp³-hybridized carbons (Fsp3) is 0.150. The van der Waals surface area contributed by atoms with Crippen LogP contribution < -0.4 is 0 Å². The van der Waals surface area contributed by atoms with Crippen LogP contribution in [0.2, 0.25) is 0 Å². The Morgan fingerprint density at radius 1 is 1.12 bits per heavy atom. The van der Waals surface area contributed by atoms with E-state index in [1.54, 1.807) is 6.92 Å². The number of nitrogens with one attached hydrogen (secondary N) is 1. The van der Waals surface area contributed by atoms with Crippen LogP contribution >= 0.6 is 11.3 Å². The number of carbonyl (C=O) groups excluding carboxylic acids is 1. The third-order valence-corrected chi connectivity index (χ3v) is 5.22. The summed E-state index contributed by atoms with van der Waals surface area (Å²) in [5.41, 5.74) is 4.55. The lowest BCUT2D eigenvalue weighted by molar-refractivity contribution is 0.0531. The number of fused-ring (bicyclic) bond motifs is 1. The van der Waals surface area contributed by atoms with Crippen LogP contribution in [-0.2, 0) is 4.74 Å². The summed E-state index contributed by atoms with van der Waals surface area (Å²) >= 11 is 1.35. The number of H-pyrrole nitrogens is 1. The molecule has 2 aromatic heterocycles. The average molecular weight is 363 g/mol. The van der Waals surface area contributed by atoms with Crippen LogP contribution in [0.15, 0.2) is 48.5 Å². The molecule has 130 valence electrons. The summed E-state index contributed by atoms with van der Waals surface area (Å²) in [5, 5.41) is 0.795. The highest BCUT2D eigenvalue weighted by molar-refractivity contribution is 7.17. The molecule has 6 heteroatoms. The van der Waals surface area contributed by atoms with Crippen molar-refractivity contribution in [1.29, 1.82) is 0 Å². The van der Waals surface area contributed by atoms with Crippen molar-refractivity contribution in [2.45, 2.75) is 13.8 Å². The number of hydrogen-bond acceptors (Lipinski definition) is 5. The van der Waals surface area contributed by atoms with E-state index in [0.29, 0.717) is 17.2 Å². The van der Waals surface area contributed by atoms with Gasteiger partial charge >= 0.3 is 5.97 Å². The molecule has 0 spiro atoms. The number of rotatable bonds is 4. The van der Waals surface area contributed by atoms with Crippen molar-refractivity contribution in [3.8, 4) is 22.0 Å². The van der Waals surface area contributed by atoms with Gasteiger partial charge < -0.3 is 9.72 Å². The van der Waals surface area contributed by atoms with E-state index >= 15 is 0 Å².